The summed E-state index contributed by atoms with van der Waals surface area (Å²) < 4.78 is 0. The molecule has 0 saturated heterocycles. The van der Waals surface area contributed by atoms with Crippen molar-refractivity contribution in [1.82, 2.24) is 4.98 Å². The SMILES string of the molecule is CCc1cccc(NC(N)=NCc2cnc(C)s2)c1. The fraction of sp³-hybridized carbons (Fsp3) is 0.286. The van der Waals surface area contributed by atoms with Crippen molar-refractivity contribution in [3.63, 3.8) is 0 Å². The molecule has 5 heteroatoms. The van der Waals surface area contributed by atoms with Crippen molar-refractivity contribution in [3.8, 4) is 0 Å². The number of thiazole rings is 1. The van der Waals surface area contributed by atoms with Gasteiger partial charge in [0.05, 0.1) is 11.6 Å². The van der Waals surface area contributed by atoms with Gasteiger partial charge in [-0.2, -0.15) is 0 Å². The molecule has 0 bridgehead atoms. The first kappa shape index (κ1) is 13.5. The van der Waals surface area contributed by atoms with E-state index in [2.05, 4.69) is 34.3 Å². The minimum Gasteiger partial charge on any atom is -0.370 e. The van der Waals surface area contributed by atoms with Gasteiger partial charge in [0, 0.05) is 16.8 Å². The number of hydrogen-bond donors (Lipinski definition) is 2. The third-order valence-electron chi connectivity index (χ3n) is 2.68. The molecule has 4 nitrogen and oxygen atoms in total. The first-order valence-electron chi connectivity index (χ1n) is 6.24. The number of aliphatic imine (C=N–C) groups is 1. The molecule has 0 radical (unpaired) electrons. The molecule has 1 aromatic heterocycles. The lowest BCUT2D eigenvalue weighted by atomic mass is 10.1. The monoisotopic (exact) mass is 274 g/mol. The van der Waals surface area contributed by atoms with Crippen LogP contribution >= 0.6 is 11.3 Å². The molecule has 0 saturated carbocycles. The van der Waals surface area contributed by atoms with E-state index < -0.39 is 0 Å². The zero-order valence-electron chi connectivity index (χ0n) is 11.2. The average molecular weight is 274 g/mol. The predicted molar refractivity (Wildman–Crippen MR) is 81.6 cm³/mol. The lowest BCUT2D eigenvalue weighted by molar-refractivity contribution is 1.08. The van der Waals surface area contributed by atoms with Crippen LogP contribution in [0, 0.1) is 6.92 Å². The highest BCUT2D eigenvalue weighted by Gasteiger charge is 1.99. The van der Waals surface area contributed by atoms with E-state index in [0.29, 0.717) is 12.5 Å². The number of benzene rings is 1. The van der Waals surface area contributed by atoms with Gasteiger partial charge in [0.25, 0.3) is 0 Å². The Kier molecular flexibility index (Phi) is 4.52. The normalized spacial score (nSPS) is 11.6. The fourth-order valence-corrected chi connectivity index (χ4v) is 2.42. The molecular weight excluding hydrogens is 256 g/mol. The van der Waals surface area contributed by atoms with Crippen LogP contribution in [0.15, 0.2) is 35.5 Å². The van der Waals surface area contributed by atoms with Crippen LogP contribution in [0.5, 0.6) is 0 Å². The Labute approximate surface area is 117 Å². The highest BCUT2D eigenvalue weighted by atomic mass is 32.1. The average Bonchev–Trinajstić information content (AvgIpc) is 2.82. The predicted octanol–water partition coefficient (Wildman–Crippen LogP) is 2.94. The van der Waals surface area contributed by atoms with E-state index in [9.17, 15) is 0 Å². The van der Waals surface area contributed by atoms with Crippen molar-refractivity contribution >= 4 is 23.0 Å². The summed E-state index contributed by atoms with van der Waals surface area (Å²) in [5.74, 6) is 0.430. The molecule has 2 rings (SSSR count). The third-order valence-corrected chi connectivity index (χ3v) is 3.58. The van der Waals surface area contributed by atoms with Gasteiger partial charge in [-0.15, -0.1) is 11.3 Å². The molecule has 0 spiro atoms. The molecule has 100 valence electrons. The first-order chi connectivity index (χ1) is 9.17. The number of rotatable bonds is 4. The molecule has 0 aliphatic heterocycles. The summed E-state index contributed by atoms with van der Waals surface area (Å²) in [6, 6.07) is 8.18. The van der Waals surface area contributed by atoms with Crippen LogP contribution in [0.1, 0.15) is 22.4 Å². The van der Waals surface area contributed by atoms with E-state index in [-0.39, 0.29) is 0 Å². The van der Waals surface area contributed by atoms with E-state index in [1.165, 1.54) is 5.56 Å². The zero-order valence-corrected chi connectivity index (χ0v) is 12.0. The van der Waals surface area contributed by atoms with E-state index in [1.807, 2.05) is 25.3 Å². The van der Waals surface area contributed by atoms with Crippen LogP contribution in [0.3, 0.4) is 0 Å². The Morgan fingerprint density at radius 2 is 2.32 bits per heavy atom. The Morgan fingerprint density at radius 1 is 1.47 bits per heavy atom. The summed E-state index contributed by atoms with van der Waals surface area (Å²) >= 11 is 1.64. The summed E-state index contributed by atoms with van der Waals surface area (Å²) in [5.41, 5.74) is 8.12. The smallest absolute Gasteiger partial charge is 0.193 e. The van der Waals surface area contributed by atoms with Gasteiger partial charge in [0.2, 0.25) is 0 Å². The van der Waals surface area contributed by atoms with Crippen LogP contribution in [0.25, 0.3) is 0 Å². The molecule has 0 atom stereocenters. The minimum absolute atomic E-state index is 0.430. The number of anilines is 1. The fourth-order valence-electron chi connectivity index (χ4n) is 1.70. The second-order valence-corrected chi connectivity index (χ2v) is 5.55. The maximum Gasteiger partial charge on any atom is 0.193 e. The van der Waals surface area contributed by atoms with E-state index >= 15 is 0 Å². The van der Waals surface area contributed by atoms with Gasteiger partial charge in [-0.3, -0.25) is 0 Å². The molecule has 2 aromatic rings. The van der Waals surface area contributed by atoms with Crippen LogP contribution in [0.2, 0.25) is 0 Å². The number of guanidine groups is 1. The molecular formula is C14H18N4S. The molecule has 0 fully saturated rings. The van der Waals surface area contributed by atoms with Gasteiger partial charge >= 0.3 is 0 Å². The third kappa shape index (κ3) is 4.06. The van der Waals surface area contributed by atoms with Gasteiger partial charge in [0.1, 0.15) is 0 Å². The van der Waals surface area contributed by atoms with Crippen LogP contribution < -0.4 is 11.1 Å². The second kappa shape index (κ2) is 6.33. The van der Waals surface area contributed by atoms with Crippen molar-refractivity contribution in [2.45, 2.75) is 26.8 Å². The standard InChI is InChI=1S/C14H18N4S/c1-3-11-5-4-6-12(7-11)18-14(15)17-9-13-8-16-10(2)19-13/h4-8H,3,9H2,1-2H3,(H3,15,17,18). The Bertz CT molecular complexity index is 574. The minimum atomic E-state index is 0.430. The molecule has 3 N–H and O–H groups in total. The van der Waals surface area contributed by atoms with Crippen molar-refractivity contribution in [2.24, 2.45) is 10.7 Å². The topological polar surface area (TPSA) is 63.3 Å². The molecule has 0 unspecified atom stereocenters. The van der Waals surface area contributed by atoms with Crippen molar-refractivity contribution in [1.29, 1.82) is 0 Å². The highest BCUT2D eigenvalue weighted by Crippen LogP contribution is 2.13. The summed E-state index contributed by atoms with van der Waals surface area (Å²) in [6.45, 7) is 4.68. The van der Waals surface area contributed by atoms with Crippen molar-refractivity contribution < 1.29 is 0 Å². The van der Waals surface area contributed by atoms with Crippen LogP contribution in [-0.2, 0) is 13.0 Å². The van der Waals surface area contributed by atoms with Crippen LogP contribution in [0.4, 0.5) is 5.69 Å². The van der Waals surface area contributed by atoms with Gasteiger partial charge in [0.15, 0.2) is 5.96 Å². The van der Waals surface area contributed by atoms with E-state index in [4.69, 9.17) is 5.73 Å². The van der Waals surface area contributed by atoms with Crippen molar-refractivity contribution in [2.75, 3.05) is 5.32 Å². The number of aryl methyl sites for hydroxylation is 2. The number of nitrogens with zero attached hydrogens (tertiary/aromatic N) is 2. The highest BCUT2D eigenvalue weighted by molar-refractivity contribution is 7.11. The summed E-state index contributed by atoms with van der Waals surface area (Å²) in [5, 5.41) is 4.15. The zero-order chi connectivity index (χ0) is 13.7. The van der Waals surface area contributed by atoms with Gasteiger partial charge in [-0.25, -0.2) is 9.98 Å². The lowest BCUT2D eigenvalue weighted by Crippen LogP contribution is -2.22. The summed E-state index contributed by atoms with van der Waals surface area (Å²) in [4.78, 5) is 9.62. The summed E-state index contributed by atoms with van der Waals surface area (Å²) in [6.07, 6.45) is 2.85. The van der Waals surface area contributed by atoms with E-state index in [1.54, 1.807) is 11.3 Å². The first-order valence-corrected chi connectivity index (χ1v) is 7.06. The summed E-state index contributed by atoms with van der Waals surface area (Å²) in [7, 11) is 0. The Balaban J connectivity index is 1.97. The molecule has 1 heterocycles. The van der Waals surface area contributed by atoms with Crippen molar-refractivity contribution in [3.05, 3.63) is 45.9 Å². The largest absolute Gasteiger partial charge is 0.370 e. The Hall–Kier alpha value is -1.88. The molecule has 0 aliphatic carbocycles. The molecule has 19 heavy (non-hydrogen) atoms. The second-order valence-electron chi connectivity index (χ2n) is 4.23. The quantitative estimate of drug-likeness (QED) is 0.665. The van der Waals surface area contributed by atoms with Gasteiger partial charge < -0.3 is 11.1 Å². The Morgan fingerprint density at radius 3 is 3.00 bits per heavy atom. The number of aromatic nitrogens is 1. The maximum atomic E-state index is 5.88. The molecule has 0 aliphatic rings. The number of hydrogen-bond acceptors (Lipinski definition) is 3. The molecule has 1 aromatic carbocycles. The van der Waals surface area contributed by atoms with Crippen LogP contribution in [-0.4, -0.2) is 10.9 Å². The number of nitrogens with one attached hydrogen (secondary N) is 1. The molecule has 0 amide bonds. The lowest BCUT2D eigenvalue weighted by Gasteiger charge is -2.06. The van der Waals surface area contributed by atoms with Gasteiger partial charge in [-0.1, -0.05) is 19.1 Å². The maximum absolute atomic E-state index is 5.88. The number of nitrogens with two attached hydrogens (primary N) is 1. The van der Waals surface area contributed by atoms with Gasteiger partial charge in [-0.05, 0) is 31.0 Å². The van der Waals surface area contributed by atoms with E-state index in [0.717, 1.165) is 22.0 Å².